The maximum Gasteiger partial charge on any atom is 0.223 e. The average Bonchev–Trinajstić information content (AvgIpc) is 3.19. The Balaban J connectivity index is 1.60. The first-order valence-electron chi connectivity index (χ1n) is 11.6. The van der Waals surface area contributed by atoms with Crippen LogP contribution in [0.2, 0.25) is 5.02 Å². The van der Waals surface area contributed by atoms with Crippen molar-refractivity contribution in [3.8, 4) is 11.5 Å². The van der Waals surface area contributed by atoms with Crippen molar-refractivity contribution in [3.05, 3.63) is 59.1 Å². The van der Waals surface area contributed by atoms with E-state index in [4.69, 9.17) is 21.1 Å². The Labute approximate surface area is 201 Å². The summed E-state index contributed by atoms with van der Waals surface area (Å²) in [5.74, 6) is 1.89. The second-order valence-electron chi connectivity index (χ2n) is 9.06. The van der Waals surface area contributed by atoms with Gasteiger partial charge in [0.25, 0.3) is 0 Å². The molecule has 33 heavy (non-hydrogen) atoms. The summed E-state index contributed by atoms with van der Waals surface area (Å²) in [5.41, 5.74) is 0.751. The first kappa shape index (κ1) is 25.3. The largest absolute Gasteiger partial charge is 0.493 e. The van der Waals surface area contributed by atoms with Crippen LogP contribution in [-0.2, 0) is 4.79 Å². The van der Waals surface area contributed by atoms with Crippen LogP contribution in [0.3, 0.4) is 0 Å². The minimum Gasteiger partial charge on any atom is -0.493 e. The molecule has 1 aliphatic rings. The summed E-state index contributed by atoms with van der Waals surface area (Å²) in [6.07, 6.45) is 0.589. The quantitative estimate of drug-likeness (QED) is 0.503. The molecule has 1 aliphatic heterocycles. The number of ether oxygens (including phenoxy) is 2. The number of aliphatic hydroxyl groups excluding tert-OH is 1. The molecular formula is C26H35ClN2O4. The van der Waals surface area contributed by atoms with E-state index in [9.17, 15) is 9.90 Å². The summed E-state index contributed by atoms with van der Waals surface area (Å²) in [7, 11) is 0. The molecule has 3 atom stereocenters. The van der Waals surface area contributed by atoms with Crippen molar-refractivity contribution in [2.75, 3.05) is 26.2 Å². The number of amides is 1. The summed E-state index contributed by atoms with van der Waals surface area (Å²) in [4.78, 5) is 15.0. The predicted molar refractivity (Wildman–Crippen MR) is 131 cm³/mol. The van der Waals surface area contributed by atoms with E-state index in [1.165, 1.54) is 0 Å². The van der Waals surface area contributed by atoms with Crippen LogP contribution in [0, 0.1) is 5.92 Å². The second-order valence-corrected chi connectivity index (χ2v) is 9.50. The predicted octanol–water partition coefficient (Wildman–Crippen LogP) is 4.46. The maximum absolute atomic E-state index is 12.7. The fourth-order valence-corrected chi connectivity index (χ4v) is 4.14. The SMILES string of the molecule is CC1CCN(C[C@@H](NC(=O)CCOc2ccc(Cl)cc2)[C@H](O)c2ccc(OC(C)C)cc2)C1. The smallest absolute Gasteiger partial charge is 0.223 e. The summed E-state index contributed by atoms with van der Waals surface area (Å²) in [5, 5.41) is 14.8. The van der Waals surface area contributed by atoms with Gasteiger partial charge in [-0.25, -0.2) is 0 Å². The van der Waals surface area contributed by atoms with E-state index in [0.29, 0.717) is 23.2 Å². The van der Waals surface area contributed by atoms with Gasteiger partial charge >= 0.3 is 0 Å². The highest BCUT2D eigenvalue weighted by Crippen LogP contribution is 2.24. The van der Waals surface area contributed by atoms with Gasteiger partial charge in [0, 0.05) is 18.1 Å². The molecule has 0 radical (unpaired) electrons. The Morgan fingerprint density at radius 3 is 2.42 bits per heavy atom. The number of benzene rings is 2. The molecule has 1 saturated heterocycles. The fourth-order valence-electron chi connectivity index (χ4n) is 4.01. The van der Waals surface area contributed by atoms with Crippen molar-refractivity contribution in [2.45, 2.75) is 51.9 Å². The van der Waals surface area contributed by atoms with E-state index in [2.05, 4.69) is 17.1 Å². The molecule has 0 spiro atoms. The van der Waals surface area contributed by atoms with Crippen molar-refractivity contribution in [1.82, 2.24) is 10.2 Å². The maximum atomic E-state index is 12.7. The number of rotatable bonds is 11. The lowest BCUT2D eigenvalue weighted by atomic mass is 10.0. The topological polar surface area (TPSA) is 71.0 Å². The number of carbonyl (C=O) groups excluding carboxylic acids is 1. The third-order valence-corrected chi connectivity index (χ3v) is 5.95. The lowest BCUT2D eigenvalue weighted by Crippen LogP contribution is -2.47. The number of nitrogens with one attached hydrogen (secondary N) is 1. The highest BCUT2D eigenvalue weighted by molar-refractivity contribution is 6.30. The number of halogens is 1. The van der Waals surface area contributed by atoms with Crippen molar-refractivity contribution in [2.24, 2.45) is 5.92 Å². The average molecular weight is 475 g/mol. The highest BCUT2D eigenvalue weighted by Gasteiger charge is 2.28. The van der Waals surface area contributed by atoms with Crippen LogP contribution in [0.4, 0.5) is 0 Å². The molecule has 180 valence electrons. The van der Waals surface area contributed by atoms with E-state index in [0.717, 1.165) is 30.8 Å². The second kappa shape index (κ2) is 12.3. The number of likely N-dealkylation sites (tertiary alicyclic amines) is 1. The Hall–Kier alpha value is -2.28. The lowest BCUT2D eigenvalue weighted by molar-refractivity contribution is -0.123. The molecule has 0 saturated carbocycles. The molecule has 7 heteroatoms. The number of nitrogens with zero attached hydrogens (tertiary/aromatic N) is 1. The molecule has 1 heterocycles. The van der Waals surface area contributed by atoms with Gasteiger partial charge in [0.1, 0.15) is 17.6 Å². The van der Waals surface area contributed by atoms with Gasteiger partial charge in [-0.2, -0.15) is 0 Å². The van der Waals surface area contributed by atoms with Crippen LogP contribution < -0.4 is 14.8 Å². The van der Waals surface area contributed by atoms with Gasteiger partial charge in [0.2, 0.25) is 5.91 Å². The Kier molecular flexibility index (Phi) is 9.41. The summed E-state index contributed by atoms with van der Waals surface area (Å²) >= 11 is 5.89. The zero-order valence-corrected chi connectivity index (χ0v) is 20.4. The third kappa shape index (κ3) is 8.22. The Bertz CT molecular complexity index is 873. The first-order valence-corrected chi connectivity index (χ1v) is 12.0. The molecule has 6 nitrogen and oxygen atoms in total. The molecule has 0 aromatic heterocycles. The Morgan fingerprint density at radius 2 is 1.82 bits per heavy atom. The van der Waals surface area contributed by atoms with Crippen molar-refractivity contribution in [3.63, 3.8) is 0 Å². The molecule has 0 aliphatic carbocycles. The Morgan fingerprint density at radius 1 is 1.15 bits per heavy atom. The lowest BCUT2D eigenvalue weighted by Gasteiger charge is -2.29. The molecule has 0 bridgehead atoms. The van der Waals surface area contributed by atoms with Crippen molar-refractivity contribution >= 4 is 17.5 Å². The summed E-state index contributed by atoms with van der Waals surface area (Å²) < 4.78 is 11.3. The normalized spacial score (nSPS) is 18.2. The summed E-state index contributed by atoms with van der Waals surface area (Å²) in [6, 6.07) is 14.0. The fraction of sp³-hybridized carbons (Fsp3) is 0.500. The molecule has 1 amide bonds. The zero-order chi connectivity index (χ0) is 23.8. The van der Waals surface area contributed by atoms with Crippen LogP contribution in [0.1, 0.15) is 45.3 Å². The molecule has 2 aromatic rings. The number of carbonyl (C=O) groups is 1. The number of hydrogen-bond acceptors (Lipinski definition) is 5. The summed E-state index contributed by atoms with van der Waals surface area (Å²) in [6.45, 7) is 8.97. The monoisotopic (exact) mass is 474 g/mol. The van der Waals surface area contributed by atoms with Gasteiger partial charge in [-0.3, -0.25) is 4.79 Å². The van der Waals surface area contributed by atoms with E-state index < -0.39 is 12.1 Å². The van der Waals surface area contributed by atoms with Gasteiger partial charge in [-0.05, 0) is 74.7 Å². The van der Waals surface area contributed by atoms with Gasteiger partial charge in [0.05, 0.1) is 25.2 Å². The number of hydrogen-bond donors (Lipinski definition) is 2. The van der Waals surface area contributed by atoms with Crippen LogP contribution in [0.25, 0.3) is 0 Å². The van der Waals surface area contributed by atoms with Gasteiger partial charge in [0.15, 0.2) is 0 Å². The van der Waals surface area contributed by atoms with Crippen LogP contribution >= 0.6 is 11.6 Å². The highest BCUT2D eigenvalue weighted by atomic mass is 35.5. The standard InChI is InChI=1S/C26H35ClN2O4/c1-18(2)33-23-8-4-20(5-9-23)26(31)24(17-29-14-12-19(3)16-29)28-25(30)13-15-32-22-10-6-21(27)7-11-22/h4-11,18-19,24,26,31H,12-17H2,1-3H3,(H,28,30)/t19?,24-,26-/m1/s1. The van der Waals surface area contributed by atoms with Gasteiger partial charge in [-0.15, -0.1) is 0 Å². The minimum absolute atomic E-state index is 0.0834. The molecule has 2 aromatic carbocycles. The van der Waals surface area contributed by atoms with Crippen molar-refractivity contribution < 1.29 is 19.4 Å². The van der Waals surface area contributed by atoms with Gasteiger partial charge in [-0.1, -0.05) is 30.7 Å². The van der Waals surface area contributed by atoms with E-state index in [1.807, 2.05) is 38.1 Å². The minimum atomic E-state index is -0.824. The van der Waals surface area contributed by atoms with E-state index in [1.54, 1.807) is 24.3 Å². The third-order valence-electron chi connectivity index (χ3n) is 5.70. The molecule has 3 rings (SSSR count). The van der Waals surface area contributed by atoms with Crippen LogP contribution in [0.15, 0.2) is 48.5 Å². The molecular weight excluding hydrogens is 440 g/mol. The molecule has 1 fully saturated rings. The van der Waals surface area contributed by atoms with E-state index >= 15 is 0 Å². The first-order chi connectivity index (χ1) is 15.8. The zero-order valence-electron chi connectivity index (χ0n) is 19.7. The number of aliphatic hydroxyl groups is 1. The van der Waals surface area contributed by atoms with Crippen LogP contribution in [-0.4, -0.2) is 54.3 Å². The van der Waals surface area contributed by atoms with Crippen molar-refractivity contribution in [1.29, 1.82) is 0 Å². The molecule has 1 unspecified atom stereocenters. The van der Waals surface area contributed by atoms with E-state index in [-0.39, 0.29) is 25.0 Å². The van der Waals surface area contributed by atoms with Crippen LogP contribution in [0.5, 0.6) is 11.5 Å². The van der Waals surface area contributed by atoms with Gasteiger partial charge < -0.3 is 24.8 Å². The molecule has 2 N–H and O–H groups in total.